The minimum atomic E-state index is -4.77. The Kier molecular flexibility index (Phi) is 5.01. The van der Waals surface area contributed by atoms with Crippen molar-refractivity contribution >= 4 is 10.9 Å². The molecular weight excluding hydrogens is 391 g/mol. The second kappa shape index (κ2) is 7.27. The highest BCUT2D eigenvalue weighted by molar-refractivity contribution is 5.81. The van der Waals surface area contributed by atoms with Gasteiger partial charge in [0.15, 0.2) is 5.60 Å². The van der Waals surface area contributed by atoms with Gasteiger partial charge < -0.3 is 9.84 Å². The van der Waals surface area contributed by atoms with E-state index in [4.69, 9.17) is 4.74 Å². The number of para-hydroxylation sites is 1. The van der Waals surface area contributed by atoms with Crippen LogP contribution in [0.1, 0.15) is 36.5 Å². The Labute approximate surface area is 173 Å². The minimum absolute atomic E-state index is 0.403. The second-order valence-electron chi connectivity index (χ2n) is 8.45. The van der Waals surface area contributed by atoms with Gasteiger partial charge in [0.05, 0.1) is 12.6 Å². The Morgan fingerprint density at radius 2 is 1.90 bits per heavy atom. The van der Waals surface area contributed by atoms with Crippen LogP contribution in [0.2, 0.25) is 0 Å². The van der Waals surface area contributed by atoms with E-state index in [1.807, 2.05) is 19.1 Å². The molecule has 0 bridgehead atoms. The number of aryl methyl sites for hydroxylation is 1. The molecule has 6 heteroatoms. The molecule has 1 aliphatic rings. The quantitative estimate of drug-likeness (QED) is 0.609. The van der Waals surface area contributed by atoms with Crippen LogP contribution in [0, 0.1) is 0 Å². The zero-order valence-corrected chi connectivity index (χ0v) is 17.0. The SMILES string of the molecule is COc1ccc2c(c1)CCC2(C)CC(O)(Cc1ccnc2ccccc12)C(F)(F)F. The number of rotatable bonds is 5. The van der Waals surface area contributed by atoms with Crippen LogP contribution < -0.4 is 4.74 Å². The van der Waals surface area contributed by atoms with Gasteiger partial charge in [0.25, 0.3) is 0 Å². The average molecular weight is 415 g/mol. The first kappa shape index (κ1) is 20.7. The van der Waals surface area contributed by atoms with Crippen LogP contribution in [0.3, 0.4) is 0 Å². The fourth-order valence-corrected chi connectivity index (χ4v) is 4.75. The Morgan fingerprint density at radius 3 is 2.63 bits per heavy atom. The van der Waals surface area contributed by atoms with Gasteiger partial charge in [-0.25, -0.2) is 0 Å². The van der Waals surface area contributed by atoms with Gasteiger partial charge in [-0.05, 0) is 65.6 Å². The van der Waals surface area contributed by atoms with E-state index in [0.29, 0.717) is 35.1 Å². The number of benzene rings is 2. The van der Waals surface area contributed by atoms with E-state index >= 15 is 0 Å². The van der Waals surface area contributed by atoms with E-state index in [2.05, 4.69) is 4.98 Å². The lowest BCUT2D eigenvalue weighted by atomic mass is 9.72. The number of halogens is 3. The van der Waals surface area contributed by atoms with Gasteiger partial charge in [-0.2, -0.15) is 13.2 Å². The summed E-state index contributed by atoms with van der Waals surface area (Å²) in [5, 5.41) is 11.7. The molecule has 2 aromatic carbocycles. The molecule has 1 N–H and O–H groups in total. The second-order valence-corrected chi connectivity index (χ2v) is 8.45. The summed E-state index contributed by atoms with van der Waals surface area (Å²) >= 11 is 0. The van der Waals surface area contributed by atoms with Gasteiger partial charge in [-0.15, -0.1) is 0 Å². The Hall–Kier alpha value is -2.60. The first-order valence-electron chi connectivity index (χ1n) is 9.94. The summed E-state index contributed by atoms with van der Waals surface area (Å²) in [6, 6.07) is 14.1. The largest absolute Gasteiger partial charge is 0.497 e. The van der Waals surface area contributed by atoms with Gasteiger partial charge in [0.1, 0.15) is 5.75 Å². The third-order valence-corrected chi connectivity index (χ3v) is 6.34. The summed E-state index contributed by atoms with van der Waals surface area (Å²) in [7, 11) is 1.57. The van der Waals surface area contributed by atoms with E-state index in [1.165, 1.54) is 6.20 Å². The van der Waals surface area contributed by atoms with Crippen LogP contribution in [-0.4, -0.2) is 29.0 Å². The lowest BCUT2D eigenvalue weighted by Crippen LogP contribution is -2.51. The van der Waals surface area contributed by atoms with Crippen LogP contribution in [-0.2, 0) is 18.3 Å². The zero-order valence-electron chi connectivity index (χ0n) is 17.0. The molecule has 0 fully saturated rings. The Morgan fingerprint density at radius 1 is 1.13 bits per heavy atom. The third-order valence-electron chi connectivity index (χ3n) is 6.34. The molecule has 2 atom stereocenters. The highest BCUT2D eigenvalue weighted by atomic mass is 19.4. The molecule has 3 aromatic rings. The third kappa shape index (κ3) is 3.54. The highest BCUT2D eigenvalue weighted by Crippen LogP contribution is 2.49. The van der Waals surface area contributed by atoms with Crippen LogP contribution in [0.25, 0.3) is 10.9 Å². The van der Waals surface area contributed by atoms with Gasteiger partial charge in [-0.1, -0.05) is 31.2 Å². The molecule has 158 valence electrons. The van der Waals surface area contributed by atoms with Gasteiger partial charge >= 0.3 is 6.18 Å². The molecule has 0 radical (unpaired) electrons. The van der Waals surface area contributed by atoms with E-state index in [9.17, 15) is 18.3 Å². The van der Waals surface area contributed by atoms with Crippen LogP contribution >= 0.6 is 0 Å². The number of methoxy groups -OCH3 is 1. The standard InChI is InChI=1S/C24H24F3NO2/c1-22(11-9-16-13-18(30-2)7-8-20(16)22)15-23(29,24(25,26)27)14-17-10-12-28-21-6-4-3-5-19(17)21/h3-8,10,12-13,29H,9,11,14-15H2,1-2H3. The van der Waals surface area contributed by atoms with E-state index in [-0.39, 0.29) is 0 Å². The van der Waals surface area contributed by atoms with Gasteiger partial charge in [0.2, 0.25) is 0 Å². The summed E-state index contributed by atoms with van der Waals surface area (Å²) in [5.74, 6) is 0.687. The fourth-order valence-electron chi connectivity index (χ4n) is 4.75. The van der Waals surface area contributed by atoms with Crippen LogP contribution in [0.5, 0.6) is 5.75 Å². The number of fused-ring (bicyclic) bond motifs is 2. The monoisotopic (exact) mass is 415 g/mol. The molecule has 1 heterocycles. The number of alkyl halides is 3. The topological polar surface area (TPSA) is 42.4 Å². The normalized spacial score (nSPS) is 20.7. The highest BCUT2D eigenvalue weighted by Gasteiger charge is 2.57. The minimum Gasteiger partial charge on any atom is -0.497 e. The summed E-state index contributed by atoms with van der Waals surface area (Å²) in [4.78, 5) is 4.22. The molecular formula is C24H24F3NO2. The molecule has 0 saturated carbocycles. The van der Waals surface area contributed by atoms with Crippen molar-refractivity contribution in [1.82, 2.24) is 4.98 Å². The fraction of sp³-hybridized carbons (Fsp3) is 0.375. The van der Waals surface area contributed by atoms with Gasteiger partial charge in [-0.3, -0.25) is 4.98 Å². The van der Waals surface area contributed by atoms with Crippen molar-refractivity contribution in [3.8, 4) is 5.75 Å². The lowest BCUT2D eigenvalue weighted by molar-refractivity contribution is -0.266. The number of hydrogen-bond donors (Lipinski definition) is 1. The molecule has 1 aromatic heterocycles. The summed E-state index contributed by atoms with van der Waals surface area (Å²) in [5.41, 5.74) is -0.746. The van der Waals surface area contributed by atoms with Crippen molar-refractivity contribution in [2.45, 2.75) is 49.8 Å². The number of aromatic nitrogens is 1. The number of nitrogens with zero attached hydrogens (tertiary/aromatic N) is 1. The van der Waals surface area contributed by atoms with Crippen LogP contribution in [0.15, 0.2) is 54.7 Å². The van der Waals surface area contributed by atoms with Crippen molar-refractivity contribution in [2.75, 3.05) is 7.11 Å². The van der Waals surface area contributed by atoms with E-state index in [1.54, 1.807) is 43.5 Å². The maximum absolute atomic E-state index is 14.2. The molecule has 4 rings (SSSR count). The van der Waals surface area contributed by atoms with Crippen molar-refractivity contribution in [3.63, 3.8) is 0 Å². The smallest absolute Gasteiger partial charge is 0.417 e. The molecule has 1 aliphatic carbocycles. The number of hydrogen-bond acceptors (Lipinski definition) is 3. The molecule has 30 heavy (non-hydrogen) atoms. The van der Waals surface area contributed by atoms with Gasteiger partial charge in [0, 0.05) is 18.0 Å². The van der Waals surface area contributed by atoms with E-state index in [0.717, 1.165) is 11.1 Å². The van der Waals surface area contributed by atoms with Crippen molar-refractivity contribution in [3.05, 3.63) is 71.4 Å². The summed E-state index contributed by atoms with van der Waals surface area (Å²) < 4.78 is 47.9. The van der Waals surface area contributed by atoms with Crippen LogP contribution in [0.4, 0.5) is 13.2 Å². The number of ether oxygens (including phenoxy) is 1. The first-order chi connectivity index (χ1) is 14.2. The molecule has 0 amide bonds. The predicted octanol–water partition coefficient (Wildman–Crippen LogP) is 5.37. The summed E-state index contributed by atoms with van der Waals surface area (Å²) in [6.07, 6.45) is -2.98. The maximum atomic E-state index is 14.2. The van der Waals surface area contributed by atoms with Crippen molar-refractivity contribution in [2.24, 2.45) is 0 Å². The van der Waals surface area contributed by atoms with Crippen molar-refractivity contribution < 1.29 is 23.0 Å². The molecule has 3 nitrogen and oxygen atoms in total. The molecule has 0 saturated heterocycles. The maximum Gasteiger partial charge on any atom is 0.417 e. The Balaban J connectivity index is 1.72. The lowest BCUT2D eigenvalue weighted by Gasteiger charge is -2.38. The zero-order chi connectivity index (χ0) is 21.6. The van der Waals surface area contributed by atoms with Crippen molar-refractivity contribution in [1.29, 1.82) is 0 Å². The molecule has 0 spiro atoms. The van der Waals surface area contributed by atoms with E-state index < -0.39 is 30.0 Å². The number of aliphatic hydroxyl groups is 1. The predicted molar refractivity (Wildman–Crippen MR) is 110 cm³/mol. The molecule has 0 aliphatic heterocycles. The Bertz CT molecular complexity index is 1080. The molecule has 2 unspecified atom stereocenters. The first-order valence-corrected chi connectivity index (χ1v) is 9.94. The average Bonchev–Trinajstić information content (AvgIpc) is 3.03. The number of pyridine rings is 1. The summed E-state index contributed by atoms with van der Waals surface area (Å²) in [6.45, 7) is 1.81.